The van der Waals surface area contributed by atoms with Crippen LogP contribution in [0.1, 0.15) is 60.5 Å². The summed E-state index contributed by atoms with van der Waals surface area (Å²) in [5.41, 5.74) is -0.0339. The van der Waals surface area contributed by atoms with E-state index in [4.69, 9.17) is 9.47 Å². The normalized spacial score (nSPS) is 14.7. The zero-order valence-corrected chi connectivity index (χ0v) is 22.5. The van der Waals surface area contributed by atoms with E-state index in [-0.39, 0.29) is 24.0 Å². The highest BCUT2D eigenvalue weighted by atomic mass is 16.6. The molecular formula is C26H41N3O7. The number of hydrogen-bond donors (Lipinski definition) is 4. The number of phenolic OH excluding ortho intramolecular Hbond substituents is 1. The molecular weight excluding hydrogens is 466 g/mol. The highest BCUT2D eigenvalue weighted by molar-refractivity contribution is 5.93. The van der Waals surface area contributed by atoms with Gasteiger partial charge >= 0.3 is 12.1 Å². The first-order valence-electron chi connectivity index (χ1n) is 12.1. The SMILES string of the molecule is CC[C@H](C)[C@H](NC(=O)OC(C)(C)C)C(=O)N[C@H](C(=O)N[C@@H](Cc1ccc(O)cc1)C(=O)OC)C(C)C. The third-order valence-corrected chi connectivity index (χ3v) is 5.59. The molecule has 0 aromatic heterocycles. The zero-order valence-electron chi connectivity index (χ0n) is 22.5. The lowest BCUT2D eigenvalue weighted by Crippen LogP contribution is -2.59. The molecule has 202 valence electrons. The quantitative estimate of drug-likeness (QED) is 0.337. The molecule has 1 aromatic rings. The van der Waals surface area contributed by atoms with E-state index < -0.39 is 47.6 Å². The molecule has 3 amide bonds. The van der Waals surface area contributed by atoms with Gasteiger partial charge in [0.15, 0.2) is 0 Å². The van der Waals surface area contributed by atoms with Crippen molar-refractivity contribution in [3.8, 4) is 5.75 Å². The molecule has 0 spiro atoms. The second-order valence-corrected chi connectivity index (χ2v) is 10.2. The molecule has 10 nitrogen and oxygen atoms in total. The second-order valence-electron chi connectivity index (χ2n) is 10.2. The summed E-state index contributed by atoms with van der Waals surface area (Å²) in [4.78, 5) is 51.1. The van der Waals surface area contributed by atoms with E-state index in [1.807, 2.05) is 13.8 Å². The Hall–Kier alpha value is -3.30. The van der Waals surface area contributed by atoms with Crippen molar-refractivity contribution in [1.29, 1.82) is 0 Å². The van der Waals surface area contributed by atoms with Crippen molar-refractivity contribution in [3.05, 3.63) is 29.8 Å². The Morgan fingerprint density at radius 3 is 1.94 bits per heavy atom. The fourth-order valence-corrected chi connectivity index (χ4v) is 3.38. The fraction of sp³-hybridized carbons (Fsp3) is 0.615. The zero-order chi connectivity index (χ0) is 27.6. The minimum atomic E-state index is -1.00. The predicted molar refractivity (Wildman–Crippen MR) is 135 cm³/mol. The molecule has 0 aliphatic carbocycles. The second kappa shape index (κ2) is 13.7. The van der Waals surface area contributed by atoms with Crippen molar-refractivity contribution in [2.45, 2.75) is 85.0 Å². The van der Waals surface area contributed by atoms with Crippen molar-refractivity contribution in [1.82, 2.24) is 16.0 Å². The highest BCUT2D eigenvalue weighted by Crippen LogP contribution is 2.14. The monoisotopic (exact) mass is 507 g/mol. The molecule has 0 radical (unpaired) electrons. The molecule has 1 rings (SSSR count). The fourth-order valence-electron chi connectivity index (χ4n) is 3.38. The van der Waals surface area contributed by atoms with Crippen LogP contribution in [0.2, 0.25) is 0 Å². The van der Waals surface area contributed by atoms with Gasteiger partial charge in [-0.15, -0.1) is 0 Å². The maximum atomic E-state index is 13.2. The van der Waals surface area contributed by atoms with Gasteiger partial charge in [-0.3, -0.25) is 9.59 Å². The molecule has 0 aliphatic heterocycles. The number of rotatable bonds is 11. The van der Waals surface area contributed by atoms with E-state index in [1.54, 1.807) is 46.8 Å². The largest absolute Gasteiger partial charge is 0.508 e. The van der Waals surface area contributed by atoms with Crippen LogP contribution in [0.15, 0.2) is 24.3 Å². The van der Waals surface area contributed by atoms with Crippen LogP contribution in [-0.4, -0.2) is 59.8 Å². The van der Waals surface area contributed by atoms with Crippen LogP contribution >= 0.6 is 0 Å². The van der Waals surface area contributed by atoms with Gasteiger partial charge in [-0.1, -0.05) is 46.2 Å². The Morgan fingerprint density at radius 2 is 1.47 bits per heavy atom. The van der Waals surface area contributed by atoms with Gasteiger partial charge in [0.05, 0.1) is 7.11 Å². The van der Waals surface area contributed by atoms with E-state index in [9.17, 15) is 24.3 Å². The van der Waals surface area contributed by atoms with Crippen molar-refractivity contribution in [2.75, 3.05) is 7.11 Å². The first kappa shape index (κ1) is 30.7. The number of carbonyl (C=O) groups excluding carboxylic acids is 4. The molecule has 0 aliphatic rings. The van der Waals surface area contributed by atoms with Crippen molar-refractivity contribution >= 4 is 23.9 Å². The van der Waals surface area contributed by atoms with Crippen molar-refractivity contribution < 1.29 is 33.8 Å². The lowest BCUT2D eigenvalue weighted by Gasteiger charge is -2.29. The number of methoxy groups -OCH3 is 1. The number of hydrogen-bond acceptors (Lipinski definition) is 7. The first-order chi connectivity index (χ1) is 16.7. The smallest absolute Gasteiger partial charge is 0.408 e. The number of amides is 3. The maximum absolute atomic E-state index is 13.2. The molecule has 0 fully saturated rings. The average Bonchev–Trinajstić information content (AvgIpc) is 2.79. The van der Waals surface area contributed by atoms with Crippen molar-refractivity contribution in [3.63, 3.8) is 0 Å². The molecule has 0 unspecified atom stereocenters. The average molecular weight is 508 g/mol. The minimum absolute atomic E-state index is 0.0795. The van der Waals surface area contributed by atoms with Crippen LogP contribution in [0.25, 0.3) is 0 Å². The van der Waals surface area contributed by atoms with Crippen LogP contribution < -0.4 is 16.0 Å². The first-order valence-corrected chi connectivity index (χ1v) is 12.1. The van der Waals surface area contributed by atoms with Gasteiger partial charge in [0, 0.05) is 6.42 Å². The number of benzene rings is 1. The molecule has 0 heterocycles. The Labute approximate surface area is 213 Å². The molecule has 4 N–H and O–H groups in total. The van der Waals surface area contributed by atoms with Crippen molar-refractivity contribution in [2.24, 2.45) is 11.8 Å². The lowest BCUT2D eigenvalue weighted by atomic mass is 9.96. The van der Waals surface area contributed by atoms with E-state index in [0.29, 0.717) is 12.0 Å². The summed E-state index contributed by atoms with van der Waals surface area (Å²) in [6, 6.07) is 3.33. The molecule has 0 saturated heterocycles. The summed E-state index contributed by atoms with van der Waals surface area (Å²) in [5.74, 6) is -2.21. The summed E-state index contributed by atoms with van der Waals surface area (Å²) in [6.45, 7) is 12.4. The molecule has 10 heteroatoms. The summed E-state index contributed by atoms with van der Waals surface area (Å²) in [5, 5.41) is 17.5. The van der Waals surface area contributed by atoms with Gasteiger partial charge in [-0.25, -0.2) is 9.59 Å². The lowest BCUT2D eigenvalue weighted by molar-refractivity contribution is -0.145. The van der Waals surface area contributed by atoms with Gasteiger partial charge in [-0.05, 0) is 50.3 Å². The topological polar surface area (TPSA) is 143 Å². The van der Waals surface area contributed by atoms with E-state index in [1.165, 1.54) is 19.2 Å². The summed E-state index contributed by atoms with van der Waals surface area (Å²) >= 11 is 0. The van der Waals surface area contributed by atoms with Crippen LogP contribution in [0.5, 0.6) is 5.75 Å². The number of carbonyl (C=O) groups is 4. The molecule has 0 bridgehead atoms. The Bertz CT molecular complexity index is 894. The number of esters is 1. The molecule has 36 heavy (non-hydrogen) atoms. The number of phenols is 1. The third kappa shape index (κ3) is 10.1. The van der Waals surface area contributed by atoms with Crippen LogP contribution in [0.4, 0.5) is 4.79 Å². The van der Waals surface area contributed by atoms with E-state index in [0.717, 1.165) is 0 Å². The van der Waals surface area contributed by atoms with E-state index in [2.05, 4.69) is 16.0 Å². The number of ether oxygens (including phenoxy) is 2. The summed E-state index contributed by atoms with van der Waals surface area (Å²) in [6.07, 6.45) is 0.00419. The van der Waals surface area contributed by atoms with E-state index >= 15 is 0 Å². The van der Waals surface area contributed by atoms with Gasteiger partial charge in [0.2, 0.25) is 11.8 Å². The number of alkyl carbamates (subject to hydrolysis) is 1. The molecule has 1 aromatic carbocycles. The third-order valence-electron chi connectivity index (χ3n) is 5.59. The summed E-state index contributed by atoms with van der Waals surface area (Å²) in [7, 11) is 1.22. The summed E-state index contributed by atoms with van der Waals surface area (Å²) < 4.78 is 10.1. The van der Waals surface area contributed by atoms with Gasteiger partial charge in [0.25, 0.3) is 0 Å². The highest BCUT2D eigenvalue weighted by Gasteiger charge is 2.34. The van der Waals surface area contributed by atoms with Crippen LogP contribution in [-0.2, 0) is 30.3 Å². The Morgan fingerprint density at radius 1 is 0.917 bits per heavy atom. The van der Waals surface area contributed by atoms with Crippen LogP contribution in [0.3, 0.4) is 0 Å². The predicted octanol–water partition coefficient (Wildman–Crippen LogP) is 2.67. The Kier molecular flexibility index (Phi) is 11.7. The Balaban J connectivity index is 3.03. The molecule has 4 atom stereocenters. The van der Waals surface area contributed by atoms with Gasteiger partial charge in [-0.2, -0.15) is 0 Å². The van der Waals surface area contributed by atoms with Gasteiger partial charge in [0.1, 0.15) is 29.5 Å². The number of nitrogens with one attached hydrogen (secondary N) is 3. The molecule has 0 saturated carbocycles. The number of aromatic hydroxyl groups is 1. The van der Waals surface area contributed by atoms with Crippen LogP contribution in [0, 0.1) is 11.8 Å². The standard InChI is InChI=1S/C26H41N3O7/c1-9-16(4)21(29-25(34)36-26(5,6)7)23(32)28-20(15(2)3)22(31)27-19(24(33)35-8)14-17-10-12-18(30)13-11-17/h10-13,15-16,19-21,30H,9,14H2,1-8H3,(H,27,31)(H,28,32)(H,29,34)/t16-,19-,20-,21-/m0/s1. The minimum Gasteiger partial charge on any atom is -0.508 e. The maximum Gasteiger partial charge on any atom is 0.408 e. The van der Waals surface area contributed by atoms with Gasteiger partial charge < -0.3 is 30.5 Å².